The van der Waals surface area contributed by atoms with Crippen molar-refractivity contribution in [1.29, 1.82) is 5.26 Å². The molecule has 0 radical (unpaired) electrons. The number of hydrogen-bond donors (Lipinski definition) is 1. The molecule has 1 atom stereocenters. The number of nitrogens with one attached hydrogen (secondary N) is 1. The van der Waals surface area contributed by atoms with Gasteiger partial charge in [0, 0.05) is 12.6 Å². The first kappa shape index (κ1) is 12.4. The second-order valence-corrected chi connectivity index (χ2v) is 5.48. The monoisotopic (exact) mass is 235 g/mol. The van der Waals surface area contributed by atoms with Gasteiger partial charge in [0.05, 0.1) is 6.07 Å². The first-order chi connectivity index (χ1) is 8.16. The Bertz CT molecular complexity index is 328. The van der Waals surface area contributed by atoms with Crippen molar-refractivity contribution >= 4 is 5.91 Å². The Morgan fingerprint density at radius 2 is 2.12 bits per heavy atom. The summed E-state index contributed by atoms with van der Waals surface area (Å²) in [5.74, 6) is -0.0278. The number of carbonyl (C=O) groups excluding carboxylic acids is 1. The van der Waals surface area contributed by atoms with Gasteiger partial charge in [-0.05, 0) is 32.9 Å². The topological polar surface area (TPSA) is 56.1 Å². The lowest BCUT2D eigenvalue weighted by molar-refractivity contribution is -0.130. The van der Waals surface area contributed by atoms with Crippen molar-refractivity contribution in [2.24, 2.45) is 5.41 Å². The van der Waals surface area contributed by atoms with E-state index in [2.05, 4.69) is 23.3 Å². The molecule has 1 N–H and O–H groups in total. The van der Waals surface area contributed by atoms with Crippen molar-refractivity contribution in [3.05, 3.63) is 0 Å². The SMILES string of the molecule is CN1CCC(NC(=O)C2(C#N)CCCCC2)C1. The molecular formula is C13H21N3O. The van der Waals surface area contributed by atoms with E-state index in [0.717, 1.165) is 51.6 Å². The molecule has 1 saturated carbocycles. The minimum Gasteiger partial charge on any atom is -0.351 e. The minimum absolute atomic E-state index is 0.0278. The zero-order valence-electron chi connectivity index (χ0n) is 10.5. The number of hydrogen-bond acceptors (Lipinski definition) is 3. The van der Waals surface area contributed by atoms with Crippen LogP contribution in [0, 0.1) is 16.7 Å². The van der Waals surface area contributed by atoms with E-state index >= 15 is 0 Å². The van der Waals surface area contributed by atoms with Crippen LogP contribution in [0.5, 0.6) is 0 Å². The third-order valence-electron chi connectivity index (χ3n) is 4.08. The van der Waals surface area contributed by atoms with Gasteiger partial charge >= 0.3 is 0 Å². The van der Waals surface area contributed by atoms with Gasteiger partial charge in [0.15, 0.2) is 0 Å². The second kappa shape index (κ2) is 5.05. The van der Waals surface area contributed by atoms with Gasteiger partial charge in [0.1, 0.15) is 5.41 Å². The average molecular weight is 235 g/mol. The Morgan fingerprint density at radius 3 is 2.65 bits per heavy atom. The number of likely N-dealkylation sites (tertiary alicyclic amines) is 1. The predicted molar refractivity (Wildman–Crippen MR) is 65.2 cm³/mol. The van der Waals surface area contributed by atoms with Crippen LogP contribution in [-0.4, -0.2) is 37.0 Å². The highest BCUT2D eigenvalue weighted by Crippen LogP contribution is 2.36. The molecule has 4 heteroatoms. The molecule has 0 aromatic rings. The zero-order chi connectivity index (χ0) is 12.3. The first-order valence-corrected chi connectivity index (χ1v) is 6.57. The average Bonchev–Trinajstić information content (AvgIpc) is 2.75. The van der Waals surface area contributed by atoms with Gasteiger partial charge in [-0.3, -0.25) is 4.79 Å². The summed E-state index contributed by atoms with van der Waals surface area (Å²) in [6.07, 6.45) is 5.64. The third-order valence-corrected chi connectivity index (χ3v) is 4.08. The summed E-state index contributed by atoms with van der Waals surface area (Å²) in [6, 6.07) is 2.51. The Morgan fingerprint density at radius 1 is 1.41 bits per heavy atom. The molecule has 4 nitrogen and oxygen atoms in total. The first-order valence-electron chi connectivity index (χ1n) is 6.57. The molecule has 2 fully saturated rings. The normalized spacial score (nSPS) is 28.6. The van der Waals surface area contributed by atoms with E-state index in [-0.39, 0.29) is 11.9 Å². The third kappa shape index (κ3) is 2.61. The number of rotatable bonds is 2. The molecule has 94 valence electrons. The van der Waals surface area contributed by atoms with Gasteiger partial charge in [0.2, 0.25) is 5.91 Å². The number of amides is 1. The number of nitrogens with zero attached hydrogens (tertiary/aromatic N) is 2. The van der Waals surface area contributed by atoms with Crippen molar-refractivity contribution in [2.45, 2.75) is 44.6 Å². The molecule has 2 aliphatic rings. The standard InChI is InChI=1S/C13H21N3O/c1-16-8-5-11(9-16)15-12(17)13(10-14)6-3-2-4-7-13/h11H,2-9H2,1H3,(H,15,17). The van der Waals surface area contributed by atoms with Gasteiger partial charge in [-0.1, -0.05) is 19.3 Å². The maximum absolute atomic E-state index is 12.3. The number of likely N-dealkylation sites (N-methyl/N-ethyl adjacent to an activating group) is 1. The van der Waals surface area contributed by atoms with Crippen LogP contribution in [-0.2, 0) is 4.79 Å². The molecule has 1 amide bonds. The molecule has 0 aromatic carbocycles. The smallest absolute Gasteiger partial charge is 0.240 e. The Hall–Kier alpha value is -1.08. The summed E-state index contributed by atoms with van der Waals surface area (Å²) in [7, 11) is 2.06. The number of nitriles is 1. The lowest BCUT2D eigenvalue weighted by Crippen LogP contribution is -2.46. The van der Waals surface area contributed by atoms with Crippen LogP contribution in [0.25, 0.3) is 0 Å². The fourth-order valence-corrected chi connectivity index (χ4v) is 2.92. The van der Waals surface area contributed by atoms with Crippen molar-refractivity contribution in [3.8, 4) is 6.07 Å². The summed E-state index contributed by atoms with van der Waals surface area (Å²) in [5.41, 5.74) is -0.737. The van der Waals surface area contributed by atoms with Crippen LogP contribution in [0.3, 0.4) is 0 Å². The molecule has 1 unspecified atom stereocenters. The summed E-state index contributed by atoms with van der Waals surface area (Å²) in [4.78, 5) is 14.5. The lowest BCUT2D eigenvalue weighted by atomic mass is 9.74. The van der Waals surface area contributed by atoms with Gasteiger partial charge in [-0.15, -0.1) is 0 Å². The Labute approximate surface area is 103 Å². The van der Waals surface area contributed by atoms with E-state index in [1.165, 1.54) is 0 Å². The van der Waals surface area contributed by atoms with Crippen molar-refractivity contribution < 1.29 is 4.79 Å². The van der Waals surface area contributed by atoms with Crippen LogP contribution in [0.15, 0.2) is 0 Å². The highest BCUT2D eigenvalue weighted by atomic mass is 16.2. The summed E-state index contributed by atoms with van der Waals surface area (Å²) < 4.78 is 0. The van der Waals surface area contributed by atoms with E-state index < -0.39 is 5.41 Å². The summed E-state index contributed by atoms with van der Waals surface area (Å²) in [6.45, 7) is 1.94. The minimum atomic E-state index is -0.737. The Balaban J connectivity index is 1.96. The van der Waals surface area contributed by atoms with Crippen LogP contribution in [0.1, 0.15) is 38.5 Å². The maximum atomic E-state index is 12.3. The van der Waals surface area contributed by atoms with Crippen LogP contribution in [0.2, 0.25) is 0 Å². The van der Waals surface area contributed by atoms with E-state index in [0.29, 0.717) is 0 Å². The van der Waals surface area contributed by atoms with Crippen molar-refractivity contribution in [3.63, 3.8) is 0 Å². The lowest BCUT2D eigenvalue weighted by Gasteiger charge is -2.30. The fourth-order valence-electron chi connectivity index (χ4n) is 2.92. The zero-order valence-corrected chi connectivity index (χ0v) is 10.5. The molecule has 0 aromatic heterocycles. The molecule has 1 aliphatic carbocycles. The largest absolute Gasteiger partial charge is 0.351 e. The molecule has 17 heavy (non-hydrogen) atoms. The van der Waals surface area contributed by atoms with Gasteiger partial charge in [0.25, 0.3) is 0 Å². The molecule has 2 rings (SSSR count). The van der Waals surface area contributed by atoms with E-state index in [1.54, 1.807) is 0 Å². The van der Waals surface area contributed by atoms with Crippen LogP contribution in [0.4, 0.5) is 0 Å². The van der Waals surface area contributed by atoms with Crippen molar-refractivity contribution in [2.75, 3.05) is 20.1 Å². The van der Waals surface area contributed by atoms with E-state index in [4.69, 9.17) is 0 Å². The van der Waals surface area contributed by atoms with Crippen LogP contribution >= 0.6 is 0 Å². The molecular weight excluding hydrogens is 214 g/mol. The quantitative estimate of drug-likeness (QED) is 0.784. The van der Waals surface area contributed by atoms with Crippen molar-refractivity contribution in [1.82, 2.24) is 10.2 Å². The maximum Gasteiger partial charge on any atom is 0.240 e. The van der Waals surface area contributed by atoms with Crippen LogP contribution < -0.4 is 5.32 Å². The van der Waals surface area contributed by atoms with E-state index in [1.807, 2.05) is 0 Å². The van der Waals surface area contributed by atoms with E-state index in [9.17, 15) is 10.1 Å². The highest BCUT2D eigenvalue weighted by molar-refractivity contribution is 5.85. The van der Waals surface area contributed by atoms with Gasteiger partial charge in [-0.25, -0.2) is 0 Å². The molecule has 1 saturated heterocycles. The fraction of sp³-hybridized carbons (Fsp3) is 0.846. The Kier molecular flexibility index (Phi) is 3.68. The predicted octanol–water partition coefficient (Wildman–Crippen LogP) is 1.28. The summed E-state index contributed by atoms with van der Waals surface area (Å²) >= 11 is 0. The summed E-state index contributed by atoms with van der Waals surface area (Å²) in [5, 5.41) is 12.4. The van der Waals surface area contributed by atoms with Gasteiger partial charge < -0.3 is 10.2 Å². The molecule has 1 aliphatic heterocycles. The van der Waals surface area contributed by atoms with Gasteiger partial charge in [-0.2, -0.15) is 5.26 Å². The second-order valence-electron chi connectivity index (χ2n) is 5.48. The highest BCUT2D eigenvalue weighted by Gasteiger charge is 2.40. The number of carbonyl (C=O) groups is 1. The molecule has 0 bridgehead atoms. The molecule has 1 heterocycles. The molecule has 0 spiro atoms.